The Morgan fingerprint density at radius 2 is 2.03 bits per heavy atom. The highest BCUT2D eigenvalue weighted by Crippen LogP contribution is 2.41. The number of carboxylic acid groups (broad SMARTS) is 1. The second-order valence-electron chi connectivity index (χ2n) is 8.74. The monoisotopic (exact) mass is 482 g/mol. The van der Waals surface area contributed by atoms with Crippen LogP contribution in [0.5, 0.6) is 0 Å². The molecule has 180 valence electrons. The fourth-order valence-corrected chi connectivity index (χ4v) is 3.99. The Labute approximate surface area is 207 Å². The topological polar surface area (TPSA) is 161 Å². The zero-order valence-corrected chi connectivity index (χ0v) is 19.6. The van der Waals surface area contributed by atoms with E-state index in [1.54, 1.807) is 30.5 Å². The van der Waals surface area contributed by atoms with Crippen LogP contribution in [-0.2, 0) is 19.7 Å². The average molecular weight is 483 g/mol. The third kappa shape index (κ3) is 4.93. The van der Waals surface area contributed by atoms with Gasteiger partial charge in [-0.25, -0.2) is 9.97 Å². The number of carbonyl (C=O) groups excluding carboxylic acids is 1. The van der Waals surface area contributed by atoms with E-state index in [0.717, 1.165) is 11.1 Å². The van der Waals surface area contributed by atoms with E-state index in [1.165, 1.54) is 0 Å². The van der Waals surface area contributed by atoms with Gasteiger partial charge in [-0.1, -0.05) is 13.0 Å². The highest BCUT2D eigenvalue weighted by molar-refractivity contribution is 5.90. The van der Waals surface area contributed by atoms with E-state index < -0.39 is 23.8 Å². The number of esters is 1. The molecule has 0 saturated carbocycles. The van der Waals surface area contributed by atoms with E-state index in [4.69, 9.17) is 9.84 Å². The minimum atomic E-state index is -1.26. The van der Waals surface area contributed by atoms with Gasteiger partial charge in [0.1, 0.15) is 19.1 Å². The molecule has 36 heavy (non-hydrogen) atoms. The number of aromatic nitrogens is 2. The molecule has 3 N–H and O–H groups in total. The first-order chi connectivity index (χ1) is 17.2. The molecule has 1 unspecified atom stereocenters. The van der Waals surface area contributed by atoms with Crippen LogP contribution in [0.25, 0.3) is 11.3 Å². The van der Waals surface area contributed by atoms with Gasteiger partial charge in [-0.2, -0.15) is 10.5 Å². The summed E-state index contributed by atoms with van der Waals surface area (Å²) in [4.78, 5) is 31.5. The maximum absolute atomic E-state index is 11.8. The number of carboxylic acids is 1. The molecule has 2 heterocycles. The number of fused-ring (bicyclic) bond motifs is 1. The maximum Gasteiger partial charge on any atom is 0.317 e. The largest absolute Gasteiger partial charge is 0.481 e. The fourth-order valence-electron chi connectivity index (χ4n) is 3.99. The lowest BCUT2D eigenvalue weighted by Gasteiger charge is -2.24. The highest BCUT2D eigenvalue weighted by atomic mass is 16.5. The van der Waals surface area contributed by atoms with E-state index in [-0.39, 0.29) is 6.61 Å². The summed E-state index contributed by atoms with van der Waals surface area (Å²) in [7, 11) is 0. The molecule has 10 nitrogen and oxygen atoms in total. The summed E-state index contributed by atoms with van der Waals surface area (Å²) in [6.07, 6.45) is 0.881. The van der Waals surface area contributed by atoms with Crippen molar-refractivity contribution in [1.29, 1.82) is 10.5 Å². The molecule has 10 heteroatoms. The molecule has 0 bridgehead atoms. The third-order valence-electron chi connectivity index (χ3n) is 5.98. The van der Waals surface area contributed by atoms with Crippen molar-refractivity contribution in [1.82, 2.24) is 9.97 Å². The van der Waals surface area contributed by atoms with Crippen molar-refractivity contribution in [3.05, 3.63) is 64.8 Å². The van der Waals surface area contributed by atoms with Crippen LogP contribution in [0, 0.1) is 29.6 Å². The zero-order chi connectivity index (χ0) is 25.9. The van der Waals surface area contributed by atoms with Gasteiger partial charge in [-0.05, 0) is 48.4 Å². The van der Waals surface area contributed by atoms with E-state index in [1.807, 2.05) is 26.0 Å². The normalized spacial score (nSPS) is 15.7. The first-order valence-electron chi connectivity index (χ1n) is 11.0. The molecule has 1 aliphatic rings. The number of rotatable bonds is 7. The Hall–Kier alpha value is -4.96. The molecule has 2 aromatic carbocycles. The lowest BCUT2D eigenvalue weighted by Crippen LogP contribution is -2.32. The summed E-state index contributed by atoms with van der Waals surface area (Å²) in [6, 6.07) is 14.9. The summed E-state index contributed by atoms with van der Waals surface area (Å²) in [5, 5.41) is 34.1. The molecule has 0 fully saturated rings. The van der Waals surface area contributed by atoms with Crippen LogP contribution in [-0.4, -0.2) is 40.2 Å². The number of hydrogen-bond acceptors (Lipinski definition) is 9. The number of ether oxygens (including phenoxy) is 1. The minimum absolute atomic E-state index is 0.0431. The predicted octanol–water partition coefficient (Wildman–Crippen LogP) is 3.64. The van der Waals surface area contributed by atoms with Crippen LogP contribution in [0.3, 0.4) is 0 Å². The molecule has 0 aliphatic carbocycles. The molecular weight excluding hydrogens is 460 g/mol. The Morgan fingerprint density at radius 1 is 1.22 bits per heavy atom. The van der Waals surface area contributed by atoms with Crippen molar-refractivity contribution in [3.63, 3.8) is 0 Å². The molecule has 1 aromatic heterocycles. The van der Waals surface area contributed by atoms with Crippen molar-refractivity contribution < 1.29 is 19.4 Å². The standard InChI is InChI=1S/C26H22N6O4/c1-15-3-4-16(11-27)7-21(15)32-25-29-6-5-20(31-25)17-8-18(12-28)24-19(9-17)26(2,13-30-24)14-36-23(35)10-22(33)34/h3-9,30H,10,13-14H2,1-2H3,(H,33,34)(H,29,31,32). The smallest absolute Gasteiger partial charge is 0.317 e. The number of hydrogen-bond donors (Lipinski definition) is 3. The predicted molar refractivity (Wildman–Crippen MR) is 130 cm³/mol. The van der Waals surface area contributed by atoms with Crippen molar-refractivity contribution in [3.8, 4) is 23.4 Å². The summed E-state index contributed by atoms with van der Waals surface area (Å²) < 4.78 is 5.23. The number of carbonyl (C=O) groups is 2. The van der Waals surface area contributed by atoms with Crippen LogP contribution in [0.4, 0.5) is 17.3 Å². The lowest BCUT2D eigenvalue weighted by molar-refractivity contribution is -0.152. The first kappa shape index (κ1) is 24.2. The molecule has 0 saturated heterocycles. The van der Waals surface area contributed by atoms with E-state index in [9.17, 15) is 20.1 Å². The third-order valence-corrected chi connectivity index (χ3v) is 5.98. The van der Waals surface area contributed by atoms with Gasteiger partial charge in [-0.3, -0.25) is 9.59 Å². The molecule has 1 atom stereocenters. The molecule has 0 radical (unpaired) electrons. The van der Waals surface area contributed by atoms with Crippen LogP contribution < -0.4 is 10.6 Å². The van der Waals surface area contributed by atoms with Gasteiger partial charge in [0.15, 0.2) is 0 Å². The van der Waals surface area contributed by atoms with Crippen LogP contribution >= 0.6 is 0 Å². The Bertz CT molecular complexity index is 1460. The molecular formula is C26H22N6O4. The maximum atomic E-state index is 11.8. The Morgan fingerprint density at radius 3 is 2.75 bits per heavy atom. The number of anilines is 3. The highest BCUT2D eigenvalue weighted by Gasteiger charge is 2.38. The Balaban J connectivity index is 1.66. The van der Waals surface area contributed by atoms with Crippen molar-refractivity contribution in [2.45, 2.75) is 25.7 Å². The second-order valence-corrected chi connectivity index (χ2v) is 8.74. The first-order valence-corrected chi connectivity index (χ1v) is 11.0. The SMILES string of the molecule is Cc1ccc(C#N)cc1Nc1nccc(-c2cc(C#N)c3c(c2)C(C)(COC(=O)CC(=O)O)CN3)n1. The number of aryl methyl sites for hydroxylation is 1. The summed E-state index contributed by atoms with van der Waals surface area (Å²) in [5.41, 5.74) is 4.53. The average Bonchev–Trinajstić information content (AvgIpc) is 3.20. The van der Waals surface area contributed by atoms with Crippen molar-refractivity contribution >= 4 is 29.3 Å². The van der Waals surface area contributed by atoms with Gasteiger partial charge >= 0.3 is 11.9 Å². The fraction of sp³-hybridized carbons (Fsp3) is 0.231. The summed E-state index contributed by atoms with van der Waals surface area (Å²) in [6.45, 7) is 4.15. The minimum Gasteiger partial charge on any atom is -0.481 e. The molecule has 0 spiro atoms. The van der Waals surface area contributed by atoms with Gasteiger partial charge in [0.2, 0.25) is 5.95 Å². The second kappa shape index (κ2) is 9.72. The van der Waals surface area contributed by atoms with Gasteiger partial charge in [0.05, 0.1) is 28.6 Å². The molecule has 4 rings (SSSR count). The van der Waals surface area contributed by atoms with Crippen molar-refractivity contribution in [2.75, 3.05) is 23.8 Å². The summed E-state index contributed by atoms with van der Waals surface area (Å²) in [5.74, 6) is -1.75. The van der Waals surface area contributed by atoms with E-state index >= 15 is 0 Å². The van der Waals surface area contributed by atoms with Gasteiger partial charge in [0.25, 0.3) is 0 Å². The van der Waals surface area contributed by atoms with Crippen LogP contribution in [0.15, 0.2) is 42.6 Å². The molecule has 1 aliphatic heterocycles. The number of benzene rings is 2. The molecule has 0 amide bonds. The quantitative estimate of drug-likeness (QED) is 0.335. The number of nitriles is 2. The lowest BCUT2D eigenvalue weighted by atomic mass is 9.83. The zero-order valence-electron chi connectivity index (χ0n) is 19.6. The molecule has 3 aromatic rings. The van der Waals surface area contributed by atoms with Gasteiger partial charge in [0, 0.05) is 29.4 Å². The summed E-state index contributed by atoms with van der Waals surface area (Å²) >= 11 is 0. The van der Waals surface area contributed by atoms with Crippen LogP contribution in [0.1, 0.15) is 35.6 Å². The number of nitrogens with zero attached hydrogens (tertiary/aromatic N) is 4. The van der Waals surface area contributed by atoms with E-state index in [2.05, 4.69) is 32.7 Å². The number of aliphatic carboxylic acids is 1. The van der Waals surface area contributed by atoms with Crippen molar-refractivity contribution in [2.24, 2.45) is 0 Å². The van der Waals surface area contributed by atoms with Crippen LogP contribution in [0.2, 0.25) is 0 Å². The number of nitrogens with one attached hydrogen (secondary N) is 2. The van der Waals surface area contributed by atoms with Gasteiger partial charge < -0.3 is 20.5 Å². The van der Waals surface area contributed by atoms with Gasteiger partial charge in [-0.15, -0.1) is 0 Å². The van der Waals surface area contributed by atoms with E-state index in [0.29, 0.717) is 46.3 Å². The Kier molecular flexibility index (Phi) is 6.53.